The summed E-state index contributed by atoms with van der Waals surface area (Å²) in [6, 6.07) is 5.53. The first-order valence-electron chi connectivity index (χ1n) is 8.90. The number of carbonyl (C=O) groups is 2. The maximum atomic E-state index is 12.8. The van der Waals surface area contributed by atoms with Gasteiger partial charge in [0.1, 0.15) is 5.75 Å². The molecular formula is C19H28N2O4. The predicted octanol–water partition coefficient (Wildman–Crippen LogP) is 3.09. The van der Waals surface area contributed by atoms with E-state index in [4.69, 9.17) is 9.47 Å². The van der Waals surface area contributed by atoms with E-state index in [2.05, 4.69) is 0 Å². The van der Waals surface area contributed by atoms with Gasteiger partial charge in [-0.1, -0.05) is 0 Å². The first-order chi connectivity index (χ1) is 11.9. The van der Waals surface area contributed by atoms with E-state index in [-0.39, 0.29) is 18.1 Å². The Morgan fingerprint density at radius 1 is 1.12 bits per heavy atom. The molecule has 0 bridgehead atoms. The fourth-order valence-corrected chi connectivity index (χ4v) is 2.87. The van der Waals surface area contributed by atoms with Crippen LogP contribution in [0.2, 0.25) is 0 Å². The maximum absolute atomic E-state index is 12.8. The number of aryl methyl sites for hydroxylation is 1. The molecule has 1 aliphatic heterocycles. The van der Waals surface area contributed by atoms with Crippen molar-refractivity contribution in [3.8, 4) is 5.75 Å². The Hall–Kier alpha value is -2.24. The highest BCUT2D eigenvalue weighted by molar-refractivity contribution is 5.94. The molecule has 0 atom stereocenters. The number of hydrogen-bond acceptors (Lipinski definition) is 4. The van der Waals surface area contributed by atoms with E-state index in [1.54, 1.807) is 22.8 Å². The van der Waals surface area contributed by atoms with Crippen LogP contribution in [0.25, 0.3) is 0 Å². The molecule has 1 fully saturated rings. The number of benzene rings is 1. The van der Waals surface area contributed by atoms with Crippen molar-refractivity contribution in [1.29, 1.82) is 0 Å². The first kappa shape index (κ1) is 19.1. The standard InChI is InChI=1S/C19H28N2O4/c1-5-24-19(23)21-10-6-9-20(11-12-21)18(22)16-7-8-17(15(4)13-16)25-14(2)3/h7-8,13-14H,5-6,9-12H2,1-4H3. The predicted molar refractivity (Wildman–Crippen MR) is 96.1 cm³/mol. The molecule has 1 aromatic rings. The normalized spacial score (nSPS) is 15.1. The molecule has 25 heavy (non-hydrogen) atoms. The van der Waals surface area contributed by atoms with Crippen LogP contribution in [0.5, 0.6) is 5.75 Å². The van der Waals surface area contributed by atoms with E-state index < -0.39 is 0 Å². The van der Waals surface area contributed by atoms with Crippen LogP contribution in [0.3, 0.4) is 0 Å². The van der Waals surface area contributed by atoms with Crippen LogP contribution in [-0.2, 0) is 4.74 Å². The number of hydrogen-bond donors (Lipinski definition) is 0. The lowest BCUT2D eigenvalue weighted by Gasteiger charge is -2.22. The Bertz CT molecular complexity index is 615. The highest BCUT2D eigenvalue weighted by atomic mass is 16.6. The van der Waals surface area contributed by atoms with Crippen molar-refractivity contribution in [1.82, 2.24) is 9.80 Å². The molecule has 0 saturated carbocycles. The van der Waals surface area contributed by atoms with E-state index in [0.29, 0.717) is 38.3 Å². The largest absolute Gasteiger partial charge is 0.491 e. The molecule has 0 aliphatic carbocycles. The minimum Gasteiger partial charge on any atom is -0.491 e. The van der Waals surface area contributed by atoms with Gasteiger partial charge in [0.25, 0.3) is 5.91 Å². The fourth-order valence-electron chi connectivity index (χ4n) is 2.87. The molecule has 0 N–H and O–H groups in total. The Morgan fingerprint density at radius 2 is 1.80 bits per heavy atom. The zero-order valence-electron chi connectivity index (χ0n) is 15.6. The van der Waals surface area contributed by atoms with Crippen LogP contribution in [0.15, 0.2) is 18.2 Å². The molecule has 1 aliphatic rings. The first-order valence-corrected chi connectivity index (χ1v) is 8.90. The van der Waals surface area contributed by atoms with Gasteiger partial charge >= 0.3 is 6.09 Å². The van der Waals surface area contributed by atoms with Crippen LogP contribution < -0.4 is 4.74 Å². The van der Waals surface area contributed by atoms with Gasteiger partial charge in [-0.25, -0.2) is 4.79 Å². The van der Waals surface area contributed by atoms with Crippen molar-refractivity contribution < 1.29 is 19.1 Å². The number of ether oxygens (including phenoxy) is 2. The van der Waals surface area contributed by atoms with Crippen LogP contribution >= 0.6 is 0 Å². The SMILES string of the molecule is CCOC(=O)N1CCCN(C(=O)c2ccc(OC(C)C)c(C)c2)CC1. The Morgan fingerprint density at radius 3 is 2.44 bits per heavy atom. The number of amides is 2. The van der Waals surface area contributed by atoms with Gasteiger partial charge in [0.15, 0.2) is 0 Å². The molecule has 0 aromatic heterocycles. The second-order valence-electron chi connectivity index (χ2n) is 6.48. The summed E-state index contributed by atoms with van der Waals surface area (Å²) in [5, 5.41) is 0. The fraction of sp³-hybridized carbons (Fsp3) is 0.579. The van der Waals surface area contributed by atoms with Gasteiger partial charge in [0.2, 0.25) is 0 Å². The molecule has 6 nitrogen and oxygen atoms in total. The topological polar surface area (TPSA) is 59.1 Å². The van der Waals surface area contributed by atoms with Gasteiger partial charge in [-0.3, -0.25) is 4.79 Å². The van der Waals surface area contributed by atoms with E-state index in [1.807, 2.05) is 32.9 Å². The van der Waals surface area contributed by atoms with Crippen LogP contribution in [0.4, 0.5) is 4.79 Å². The zero-order valence-corrected chi connectivity index (χ0v) is 15.6. The van der Waals surface area contributed by atoms with E-state index in [1.165, 1.54) is 0 Å². The summed E-state index contributed by atoms with van der Waals surface area (Å²) in [7, 11) is 0. The lowest BCUT2D eigenvalue weighted by molar-refractivity contribution is 0.0753. The zero-order chi connectivity index (χ0) is 18.4. The third kappa shape index (κ3) is 5.11. The summed E-state index contributed by atoms with van der Waals surface area (Å²) in [6.45, 7) is 10.3. The molecule has 0 unspecified atom stereocenters. The molecule has 1 heterocycles. The summed E-state index contributed by atoms with van der Waals surface area (Å²) in [4.78, 5) is 28.1. The summed E-state index contributed by atoms with van der Waals surface area (Å²) in [5.74, 6) is 0.792. The van der Waals surface area contributed by atoms with Crippen LogP contribution in [-0.4, -0.2) is 60.7 Å². The third-order valence-electron chi connectivity index (χ3n) is 4.09. The Kier molecular flexibility index (Phi) is 6.67. The van der Waals surface area contributed by atoms with Gasteiger partial charge in [0.05, 0.1) is 12.7 Å². The summed E-state index contributed by atoms with van der Waals surface area (Å²) in [5.41, 5.74) is 1.60. The monoisotopic (exact) mass is 348 g/mol. The van der Waals surface area contributed by atoms with Crippen molar-refractivity contribution in [3.63, 3.8) is 0 Å². The molecule has 6 heteroatoms. The van der Waals surface area contributed by atoms with Crippen molar-refractivity contribution in [2.75, 3.05) is 32.8 Å². The van der Waals surface area contributed by atoms with E-state index in [9.17, 15) is 9.59 Å². The van der Waals surface area contributed by atoms with Crippen LogP contribution in [0.1, 0.15) is 43.1 Å². The lowest BCUT2D eigenvalue weighted by atomic mass is 10.1. The van der Waals surface area contributed by atoms with E-state index in [0.717, 1.165) is 17.7 Å². The van der Waals surface area contributed by atoms with Crippen molar-refractivity contribution in [2.24, 2.45) is 0 Å². The number of rotatable bonds is 4. The molecule has 2 rings (SSSR count). The molecule has 0 radical (unpaired) electrons. The lowest BCUT2D eigenvalue weighted by Crippen LogP contribution is -2.37. The Balaban J connectivity index is 2.03. The summed E-state index contributed by atoms with van der Waals surface area (Å²) >= 11 is 0. The smallest absolute Gasteiger partial charge is 0.409 e. The summed E-state index contributed by atoms with van der Waals surface area (Å²) in [6.07, 6.45) is 0.542. The minimum atomic E-state index is -0.303. The molecule has 138 valence electrons. The summed E-state index contributed by atoms with van der Waals surface area (Å²) < 4.78 is 10.8. The van der Waals surface area contributed by atoms with Crippen molar-refractivity contribution in [3.05, 3.63) is 29.3 Å². The van der Waals surface area contributed by atoms with Gasteiger partial charge in [-0.2, -0.15) is 0 Å². The number of nitrogens with zero attached hydrogens (tertiary/aromatic N) is 2. The Labute approximate surface area is 149 Å². The van der Waals surface area contributed by atoms with Gasteiger partial charge in [-0.05, 0) is 57.9 Å². The minimum absolute atomic E-state index is 0.00935. The molecule has 1 aromatic carbocycles. The number of carbonyl (C=O) groups excluding carboxylic acids is 2. The molecule has 2 amide bonds. The second kappa shape index (κ2) is 8.74. The molecule has 1 saturated heterocycles. The average molecular weight is 348 g/mol. The molecule has 0 spiro atoms. The van der Waals surface area contributed by atoms with Crippen LogP contribution in [0, 0.1) is 6.92 Å². The third-order valence-corrected chi connectivity index (χ3v) is 4.09. The second-order valence-corrected chi connectivity index (χ2v) is 6.48. The van der Waals surface area contributed by atoms with E-state index >= 15 is 0 Å². The highest BCUT2D eigenvalue weighted by Gasteiger charge is 2.23. The van der Waals surface area contributed by atoms with Crippen molar-refractivity contribution in [2.45, 2.75) is 40.2 Å². The van der Waals surface area contributed by atoms with Gasteiger partial charge in [0, 0.05) is 31.7 Å². The quantitative estimate of drug-likeness (QED) is 0.839. The highest BCUT2D eigenvalue weighted by Crippen LogP contribution is 2.21. The van der Waals surface area contributed by atoms with Crippen molar-refractivity contribution >= 4 is 12.0 Å². The maximum Gasteiger partial charge on any atom is 0.409 e. The average Bonchev–Trinajstić information content (AvgIpc) is 2.82. The van der Waals surface area contributed by atoms with Gasteiger partial charge in [-0.15, -0.1) is 0 Å². The van der Waals surface area contributed by atoms with Gasteiger partial charge < -0.3 is 19.3 Å². The molecular weight excluding hydrogens is 320 g/mol.